The van der Waals surface area contributed by atoms with Gasteiger partial charge in [0, 0.05) is 13.0 Å². The average molecular weight is 217 g/mol. The number of ether oxygens (including phenoxy) is 1. The van der Waals surface area contributed by atoms with Crippen LogP contribution in [0.4, 0.5) is 4.79 Å². The van der Waals surface area contributed by atoms with Crippen molar-refractivity contribution in [3.63, 3.8) is 0 Å². The number of aliphatic carboxylic acids is 1. The van der Waals surface area contributed by atoms with E-state index in [1.165, 1.54) is 0 Å². The predicted octanol–water partition coefficient (Wildman–Crippen LogP) is 0.619. The second-order valence-corrected chi connectivity index (χ2v) is 3.52. The lowest BCUT2D eigenvalue weighted by molar-refractivity contribution is -0.141. The highest BCUT2D eigenvalue weighted by atomic mass is 16.5. The van der Waals surface area contributed by atoms with Crippen LogP contribution in [0.1, 0.15) is 19.8 Å². The topological polar surface area (TPSA) is 87.1 Å². The van der Waals surface area contributed by atoms with Crippen molar-refractivity contribution in [3.8, 4) is 0 Å². The van der Waals surface area contributed by atoms with Gasteiger partial charge in [-0.05, 0) is 6.42 Å². The highest BCUT2D eigenvalue weighted by Crippen LogP contribution is 2.20. The Balaban J connectivity index is 2.57. The van der Waals surface area contributed by atoms with Crippen LogP contribution in [0, 0.1) is 0 Å². The smallest absolute Gasteiger partial charge is 0.408 e. The van der Waals surface area contributed by atoms with Crippen LogP contribution in [0.25, 0.3) is 0 Å². The summed E-state index contributed by atoms with van der Waals surface area (Å²) in [7, 11) is 0. The van der Waals surface area contributed by atoms with Crippen LogP contribution in [0.15, 0.2) is 0 Å². The van der Waals surface area contributed by atoms with Crippen molar-refractivity contribution < 1.29 is 24.5 Å². The lowest BCUT2D eigenvalue weighted by Gasteiger charge is -2.16. The molecule has 1 aliphatic rings. The number of carboxylic acid groups (broad SMARTS) is 2. The van der Waals surface area contributed by atoms with Crippen molar-refractivity contribution in [2.45, 2.75) is 31.9 Å². The Kier molecular flexibility index (Phi) is 3.90. The second-order valence-electron chi connectivity index (χ2n) is 3.52. The van der Waals surface area contributed by atoms with Gasteiger partial charge in [-0.1, -0.05) is 6.92 Å². The van der Waals surface area contributed by atoms with Crippen molar-refractivity contribution in [2.24, 2.45) is 0 Å². The molecule has 0 spiro atoms. The Morgan fingerprint density at radius 3 is 2.53 bits per heavy atom. The Morgan fingerprint density at radius 1 is 1.47 bits per heavy atom. The molecule has 86 valence electrons. The molecule has 0 aromatic heterocycles. The van der Waals surface area contributed by atoms with Crippen molar-refractivity contribution in [3.05, 3.63) is 0 Å². The standard InChI is InChI=1S/C9H15NO5/c1-2-3-15-6-4-7(8(11)12)10(5-6)9(13)14/h6-7H,2-5H2,1H3,(H,11,12)(H,13,14)/t6-,7-/m1/s1. The van der Waals surface area contributed by atoms with Gasteiger partial charge in [-0.2, -0.15) is 0 Å². The number of carboxylic acids is 1. The summed E-state index contributed by atoms with van der Waals surface area (Å²) in [5.41, 5.74) is 0. The van der Waals surface area contributed by atoms with E-state index in [2.05, 4.69) is 0 Å². The maximum atomic E-state index is 10.8. The SMILES string of the molecule is CCCO[C@@H]1C[C@H](C(=O)O)N(C(=O)O)C1. The quantitative estimate of drug-likeness (QED) is 0.720. The summed E-state index contributed by atoms with van der Waals surface area (Å²) >= 11 is 0. The van der Waals surface area contributed by atoms with E-state index in [1.54, 1.807) is 0 Å². The van der Waals surface area contributed by atoms with E-state index in [0.29, 0.717) is 6.61 Å². The summed E-state index contributed by atoms with van der Waals surface area (Å²) < 4.78 is 5.34. The maximum absolute atomic E-state index is 10.8. The van der Waals surface area contributed by atoms with Crippen LogP contribution >= 0.6 is 0 Å². The molecule has 1 heterocycles. The Hall–Kier alpha value is -1.30. The van der Waals surface area contributed by atoms with Gasteiger partial charge in [0.2, 0.25) is 0 Å². The number of amides is 1. The fourth-order valence-electron chi connectivity index (χ4n) is 1.65. The Labute approximate surface area is 87.4 Å². The lowest BCUT2D eigenvalue weighted by Crippen LogP contribution is -2.39. The highest BCUT2D eigenvalue weighted by molar-refractivity contribution is 5.80. The van der Waals surface area contributed by atoms with Gasteiger partial charge in [0.1, 0.15) is 6.04 Å². The minimum absolute atomic E-state index is 0.145. The average Bonchev–Trinajstić information content (AvgIpc) is 2.58. The van der Waals surface area contributed by atoms with Crippen LogP contribution < -0.4 is 0 Å². The summed E-state index contributed by atoms with van der Waals surface area (Å²) in [6, 6.07) is -0.968. The summed E-state index contributed by atoms with van der Waals surface area (Å²) in [6.07, 6.45) is -0.421. The minimum atomic E-state index is -1.20. The molecule has 0 unspecified atom stereocenters. The molecule has 2 N–H and O–H groups in total. The van der Waals surface area contributed by atoms with Crippen molar-refractivity contribution >= 4 is 12.1 Å². The minimum Gasteiger partial charge on any atom is -0.480 e. The zero-order chi connectivity index (χ0) is 11.4. The molecule has 6 nitrogen and oxygen atoms in total. The molecule has 1 rings (SSSR count). The first kappa shape index (κ1) is 11.8. The summed E-state index contributed by atoms with van der Waals surface area (Å²) in [6.45, 7) is 2.62. The number of rotatable bonds is 4. The molecule has 0 bridgehead atoms. The zero-order valence-corrected chi connectivity index (χ0v) is 8.55. The highest BCUT2D eigenvalue weighted by Gasteiger charge is 2.40. The first-order chi connectivity index (χ1) is 7.06. The van der Waals surface area contributed by atoms with E-state index in [1.807, 2.05) is 6.92 Å². The van der Waals surface area contributed by atoms with E-state index in [-0.39, 0.29) is 19.1 Å². The molecular weight excluding hydrogens is 202 g/mol. The van der Waals surface area contributed by atoms with Crippen LogP contribution in [-0.4, -0.2) is 52.5 Å². The summed E-state index contributed by atoms with van der Waals surface area (Å²) in [5.74, 6) is -1.11. The van der Waals surface area contributed by atoms with E-state index >= 15 is 0 Å². The first-order valence-corrected chi connectivity index (χ1v) is 4.90. The predicted molar refractivity (Wildman–Crippen MR) is 50.8 cm³/mol. The van der Waals surface area contributed by atoms with Gasteiger partial charge < -0.3 is 14.9 Å². The molecule has 0 saturated carbocycles. The van der Waals surface area contributed by atoms with Crippen molar-refractivity contribution in [2.75, 3.05) is 13.2 Å². The number of hydrogen-bond donors (Lipinski definition) is 2. The van der Waals surface area contributed by atoms with E-state index in [0.717, 1.165) is 11.3 Å². The maximum Gasteiger partial charge on any atom is 0.408 e. The van der Waals surface area contributed by atoms with Crippen LogP contribution in [0.2, 0.25) is 0 Å². The Bertz CT molecular complexity index is 233. The fraction of sp³-hybridized carbons (Fsp3) is 0.778. The molecule has 1 amide bonds. The van der Waals surface area contributed by atoms with Gasteiger partial charge in [0.05, 0.1) is 12.6 Å². The van der Waals surface area contributed by atoms with Crippen molar-refractivity contribution in [1.82, 2.24) is 4.90 Å². The number of likely N-dealkylation sites (tertiary alicyclic amines) is 1. The normalized spacial score (nSPS) is 25.5. The molecule has 6 heteroatoms. The monoisotopic (exact) mass is 217 g/mol. The number of nitrogens with zero attached hydrogens (tertiary/aromatic N) is 1. The van der Waals surface area contributed by atoms with Crippen molar-refractivity contribution in [1.29, 1.82) is 0 Å². The molecule has 2 atom stereocenters. The van der Waals surface area contributed by atoms with E-state index in [9.17, 15) is 9.59 Å². The molecule has 0 aromatic rings. The fourth-order valence-corrected chi connectivity index (χ4v) is 1.65. The van der Waals surface area contributed by atoms with Gasteiger partial charge in [0.15, 0.2) is 0 Å². The third-order valence-electron chi connectivity index (χ3n) is 2.35. The molecule has 0 aliphatic carbocycles. The van der Waals surface area contributed by atoms with Crippen LogP contribution in [0.5, 0.6) is 0 Å². The summed E-state index contributed by atoms with van der Waals surface area (Å²) in [4.78, 5) is 22.4. The largest absolute Gasteiger partial charge is 0.480 e. The lowest BCUT2D eigenvalue weighted by atomic mass is 10.2. The molecule has 0 aromatic carbocycles. The van der Waals surface area contributed by atoms with Gasteiger partial charge in [-0.25, -0.2) is 9.59 Å². The Morgan fingerprint density at radius 2 is 2.13 bits per heavy atom. The molecule has 1 fully saturated rings. The third kappa shape index (κ3) is 2.82. The number of hydrogen-bond acceptors (Lipinski definition) is 3. The molecule has 15 heavy (non-hydrogen) atoms. The van der Waals surface area contributed by atoms with Crippen LogP contribution in [-0.2, 0) is 9.53 Å². The van der Waals surface area contributed by atoms with Crippen LogP contribution in [0.3, 0.4) is 0 Å². The molecule has 1 aliphatic heterocycles. The second kappa shape index (κ2) is 4.97. The van der Waals surface area contributed by atoms with Gasteiger partial charge in [-0.3, -0.25) is 4.90 Å². The summed E-state index contributed by atoms with van der Waals surface area (Å²) in [5, 5.41) is 17.6. The zero-order valence-electron chi connectivity index (χ0n) is 8.55. The van der Waals surface area contributed by atoms with Gasteiger partial charge >= 0.3 is 12.1 Å². The van der Waals surface area contributed by atoms with E-state index in [4.69, 9.17) is 14.9 Å². The molecule has 1 saturated heterocycles. The molecule has 0 radical (unpaired) electrons. The van der Waals surface area contributed by atoms with E-state index < -0.39 is 18.1 Å². The first-order valence-electron chi connectivity index (χ1n) is 4.90. The third-order valence-corrected chi connectivity index (χ3v) is 2.35. The van der Waals surface area contributed by atoms with Gasteiger partial charge in [0.25, 0.3) is 0 Å². The molecular formula is C9H15NO5. The number of carbonyl (C=O) groups is 2. The van der Waals surface area contributed by atoms with Gasteiger partial charge in [-0.15, -0.1) is 0 Å².